The molecule has 0 saturated heterocycles. The van der Waals surface area contributed by atoms with Crippen LogP contribution in [0.1, 0.15) is 42.3 Å². The highest BCUT2D eigenvalue weighted by atomic mass is 16.5. The fourth-order valence-electron chi connectivity index (χ4n) is 4.56. The first-order chi connectivity index (χ1) is 16.7. The van der Waals surface area contributed by atoms with Crippen LogP contribution in [0.3, 0.4) is 0 Å². The van der Waals surface area contributed by atoms with Gasteiger partial charge in [-0.25, -0.2) is 5.01 Å². The molecule has 7 nitrogen and oxygen atoms in total. The van der Waals surface area contributed by atoms with Crippen LogP contribution in [0, 0.1) is 0 Å². The van der Waals surface area contributed by atoms with Gasteiger partial charge in [-0.05, 0) is 43.3 Å². The third kappa shape index (κ3) is 3.77. The van der Waals surface area contributed by atoms with Crippen molar-refractivity contribution in [1.82, 2.24) is 5.01 Å². The SMILES string of the molecule is CCOc1cccc2c1O[C@@H](c1ccc(OC)c(OC)c1)N1N=C(c3cccc(OC)c3)C[C@@H]21. The molecule has 176 valence electrons. The maximum Gasteiger partial charge on any atom is 0.214 e. The van der Waals surface area contributed by atoms with Gasteiger partial charge in [-0.3, -0.25) is 0 Å². The molecule has 0 unspecified atom stereocenters. The van der Waals surface area contributed by atoms with E-state index in [1.807, 2.05) is 60.5 Å². The van der Waals surface area contributed by atoms with E-state index in [-0.39, 0.29) is 6.04 Å². The molecule has 2 atom stereocenters. The van der Waals surface area contributed by atoms with Gasteiger partial charge in [-0.15, -0.1) is 0 Å². The number of rotatable bonds is 7. The molecule has 34 heavy (non-hydrogen) atoms. The third-order valence-electron chi connectivity index (χ3n) is 6.18. The number of fused-ring (bicyclic) bond motifs is 3. The molecule has 2 heterocycles. The molecule has 0 bridgehead atoms. The summed E-state index contributed by atoms with van der Waals surface area (Å²) >= 11 is 0. The van der Waals surface area contributed by atoms with Crippen LogP contribution in [0.25, 0.3) is 0 Å². The fourth-order valence-corrected chi connectivity index (χ4v) is 4.56. The largest absolute Gasteiger partial charge is 0.497 e. The van der Waals surface area contributed by atoms with E-state index in [0.717, 1.165) is 46.1 Å². The van der Waals surface area contributed by atoms with Crippen molar-refractivity contribution in [3.05, 3.63) is 77.4 Å². The zero-order chi connectivity index (χ0) is 23.7. The number of methoxy groups -OCH3 is 3. The molecule has 0 saturated carbocycles. The number of hydrazone groups is 1. The summed E-state index contributed by atoms with van der Waals surface area (Å²) in [5.74, 6) is 3.60. The molecule has 0 radical (unpaired) electrons. The molecular weight excluding hydrogens is 432 g/mol. The van der Waals surface area contributed by atoms with E-state index in [1.165, 1.54) is 0 Å². The Hall–Kier alpha value is -3.87. The highest BCUT2D eigenvalue weighted by Crippen LogP contribution is 2.51. The van der Waals surface area contributed by atoms with Crippen LogP contribution in [0.15, 0.2) is 65.8 Å². The lowest BCUT2D eigenvalue weighted by molar-refractivity contribution is -0.0213. The van der Waals surface area contributed by atoms with Crippen molar-refractivity contribution in [2.24, 2.45) is 5.10 Å². The summed E-state index contributed by atoms with van der Waals surface area (Å²) in [6, 6.07) is 19.8. The van der Waals surface area contributed by atoms with Gasteiger partial charge in [0.05, 0.1) is 39.7 Å². The highest BCUT2D eigenvalue weighted by Gasteiger charge is 2.42. The molecule has 7 heteroatoms. The first-order valence-electron chi connectivity index (χ1n) is 11.3. The molecular formula is C27H28N2O5. The Labute approximate surface area is 199 Å². The molecule has 0 fully saturated rings. The first kappa shape index (κ1) is 21.9. The second kappa shape index (κ2) is 9.17. The normalized spacial score (nSPS) is 18.4. The average Bonchev–Trinajstić information content (AvgIpc) is 3.34. The topological polar surface area (TPSA) is 61.8 Å². The van der Waals surface area contributed by atoms with Gasteiger partial charge in [0.25, 0.3) is 0 Å². The lowest BCUT2D eigenvalue weighted by Gasteiger charge is -2.38. The smallest absolute Gasteiger partial charge is 0.214 e. The van der Waals surface area contributed by atoms with Crippen molar-refractivity contribution in [1.29, 1.82) is 0 Å². The fraction of sp³-hybridized carbons (Fsp3) is 0.296. The minimum Gasteiger partial charge on any atom is -0.497 e. The van der Waals surface area contributed by atoms with Crippen LogP contribution in [0.4, 0.5) is 0 Å². The third-order valence-corrected chi connectivity index (χ3v) is 6.18. The molecule has 2 aliphatic rings. The number of nitrogens with zero attached hydrogens (tertiary/aromatic N) is 2. The van der Waals surface area contributed by atoms with E-state index in [1.54, 1.807) is 21.3 Å². The van der Waals surface area contributed by atoms with Gasteiger partial charge in [0.1, 0.15) is 5.75 Å². The Balaban J connectivity index is 1.61. The van der Waals surface area contributed by atoms with Crippen molar-refractivity contribution in [3.8, 4) is 28.7 Å². The van der Waals surface area contributed by atoms with Crippen LogP contribution < -0.4 is 23.7 Å². The molecule has 0 amide bonds. The monoisotopic (exact) mass is 460 g/mol. The summed E-state index contributed by atoms with van der Waals surface area (Å²) in [7, 11) is 4.93. The zero-order valence-corrected chi connectivity index (χ0v) is 19.8. The summed E-state index contributed by atoms with van der Waals surface area (Å²) in [5.41, 5.74) is 3.98. The van der Waals surface area contributed by atoms with Crippen molar-refractivity contribution in [3.63, 3.8) is 0 Å². The van der Waals surface area contributed by atoms with Crippen molar-refractivity contribution in [2.75, 3.05) is 27.9 Å². The minimum absolute atomic E-state index is 0.00320. The predicted octanol–water partition coefficient (Wildman–Crippen LogP) is 5.35. The number of hydrogen-bond acceptors (Lipinski definition) is 7. The van der Waals surface area contributed by atoms with E-state index < -0.39 is 6.23 Å². The number of ether oxygens (including phenoxy) is 5. The minimum atomic E-state index is -0.456. The van der Waals surface area contributed by atoms with Gasteiger partial charge in [0.2, 0.25) is 6.23 Å². The summed E-state index contributed by atoms with van der Waals surface area (Å²) in [4.78, 5) is 0. The number of benzene rings is 3. The van der Waals surface area contributed by atoms with Crippen LogP contribution in [0.2, 0.25) is 0 Å². The molecule has 3 aromatic rings. The lowest BCUT2D eigenvalue weighted by atomic mass is 9.95. The van der Waals surface area contributed by atoms with Crippen molar-refractivity contribution in [2.45, 2.75) is 25.6 Å². The highest BCUT2D eigenvalue weighted by molar-refractivity contribution is 6.02. The first-order valence-corrected chi connectivity index (χ1v) is 11.3. The Kier molecular flexibility index (Phi) is 5.92. The van der Waals surface area contributed by atoms with E-state index in [2.05, 4.69) is 12.1 Å². The van der Waals surface area contributed by atoms with Crippen LogP contribution >= 0.6 is 0 Å². The Morgan fingerprint density at radius 3 is 2.50 bits per heavy atom. The second-order valence-corrected chi connectivity index (χ2v) is 8.07. The molecule has 0 aromatic heterocycles. The van der Waals surface area contributed by atoms with Crippen molar-refractivity contribution < 1.29 is 23.7 Å². The van der Waals surface area contributed by atoms with Crippen LogP contribution in [-0.4, -0.2) is 38.7 Å². The predicted molar refractivity (Wildman–Crippen MR) is 129 cm³/mol. The average molecular weight is 461 g/mol. The summed E-state index contributed by atoms with van der Waals surface area (Å²) in [6.45, 7) is 2.53. The van der Waals surface area contributed by atoms with Gasteiger partial charge < -0.3 is 23.7 Å². The Morgan fingerprint density at radius 1 is 0.912 bits per heavy atom. The Bertz CT molecular complexity index is 1230. The van der Waals surface area contributed by atoms with Crippen LogP contribution in [0.5, 0.6) is 28.7 Å². The zero-order valence-electron chi connectivity index (χ0n) is 19.8. The van der Waals surface area contributed by atoms with E-state index >= 15 is 0 Å². The summed E-state index contributed by atoms with van der Waals surface area (Å²) in [6.07, 6.45) is 0.283. The van der Waals surface area contributed by atoms with Crippen LogP contribution in [-0.2, 0) is 0 Å². The van der Waals surface area contributed by atoms with Gasteiger partial charge in [-0.1, -0.05) is 24.3 Å². The molecule has 0 spiro atoms. The second-order valence-electron chi connectivity index (χ2n) is 8.07. The molecule has 2 aliphatic heterocycles. The molecule has 5 rings (SSSR count). The molecule has 0 N–H and O–H groups in total. The molecule has 3 aromatic carbocycles. The van der Waals surface area contributed by atoms with Gasteiger partial charge in [0.15, 0.2) is 23.0 Å². The summed E-state index contributed by atoms with van der Waals surface area (Å²) < 4.78 is 28.9. The Morgan fingerprint density at radius 2 is 1.74 bits per heavy atom. The summed E-state index contributed by atoms with van der Waals surface area (Å²) in [5, 5.41) is 7.08. The van der Waals surface area contributed by atoms with E-state index in [0.29, 0.717) is 18.1 Å². The standard InChI is InChI=1S/C27H28N2O5/c1-5-33-24-11-7-10-20-22-16-21(17-8-6-9-19(14-17)30-2)28-29(22)27(34-26(20)24)18-12-13-23(31-3)25(15-18)32-4/h6-15,22,27H,5,16H2,1-4H3/t22-,27-/m0/s1. The van der Waals surface area contributed by atoms with Gasteiger partial charge in [0, 0.05) is 23.1 Å². The lowest BCUT2D eigenvalue weighted by Crippen LogP contribution is -2.34. The van der Waals surface area contributed by atoms with Gasteiger partial charge >= 0.3 is 0 Å². The van der Waals surface area contributed by atoms with Gasteiger partial charge in [-0.2, -0.15) is 5.10 Å². The number of para-hydroxylation sites is 1. The molecule has 0 aliphatic carbocycles. The van der Waals surface area contributed by atoms with E-state index in [4.69, 9.17) is 28.8 Å². The van der Waals surface area contributed by atoms with E-state index in [9.17, 15) is 0 Å². The number of hydrogen-bond donors (Lipinski definition) is 0. The maximum atomic E-state index is 6.59. The van der Waals surface area contributed by atoms with Crippen molar-refractivity contribution >= 4 is 5.71 Å². The maximum absolute atomic E-state index is 6.59. The quantitative estimate of drug-likeness (QED) is 0.474.